The van der Waals surface area contributed by atoms with Crippen molar-refractivity contribution in [2.75, 3.05) is 20.8 Å². The van der Waals surface area contributed by atoms with Crippen LogP contribution in [0.3, 0.4) is 0 Å². The number of carbonyl (C=O) groups excluding carboxylic acids is 1. The van der Waals surface area contributed by atoms with Crippen LogP contribution >= 0.6 is 0 Å². The smallest absolute Gasteiger partial charge is 0.161 e. The van der Waals surface area contributed by atoms with Gasteiger partial charge in [-0.15, -0.1) is 0 Å². The average Bonchev–Trinajstić information content (AvgIpc) is 2.95. The minimum absolute atomic E-state index is 0.0875. The molecule has 1 saturated carbocycles. The lowest BCUT2D eigenvalue weighted by atomic mass is 9.76. The highest BCUT2D eigenvalue weighted by molar-refractivity contribution is 5.80. The SMILES string of the molecule is COc1cc(C=O)c(C2(CN)CCCC2)cc1OC. The van der Waals surface area contributed by atoms with Gasteiger partial charge in [0.25, 0.3) is 0 Å². The molecule has 1 aromatic carbocycles. The highest BCUT2D eigenvalue weighted by Gasteiger charge is 2.36. The topological polar surface area (TPSA) is 61.5 Å². The fourth-order valence-corrected chi connectivity index (χ4v) is 3.09. The van der Waals surface area contributed by atoms with Crippen LogP contribution in [0.25, 0.3) is 0 Å². The molecule has 1 fully saturated rings. The summed E-state index contributed by atoms with van der Waals surface area (Å²) in [4.78, 5) is 11.4. The summed E-state index contributed by atoms with van der Waals surface area (Å²) in [5.74, 6) is 1.24. The molecule has 2 N–H and O–H groups in total. The summed E-state index contributed by atoms with van der Waals surface area (Å²) < 4.78 is 10.6. The lowest BCUT2D eigenvalue weighted by Crippen LogP contribution is -2.33. The molecule has 0 unspecified atom stereocenters. The third-order valence-electron chi connectivity index (χ3n) is 4.21. The van der Waals surface area contributed by atoms with Gasteiger partial charge in [-0.1, -0.05) is 12.8 Å². The van der Waals surface area contributed by atoms with Gasteiger partial charge in [0, 0.05) is 17.5 Å². The van der Waals surface area contributed by atoms with Crippen molar-refractivity contribution in [3.05, 3.63) is 23.3 Å². The molecule has 1 aromatic rings. The molecule has 0 radical (unpaired) electrons. The second-order valence-electron chi connectivity index (χ2n) is 5.10. The first-order chi connectivity index (χ1) is 9.20. The van der Waals surface area contributed by atoms with E-state index in [1.807, 2.05) is 6.07 Å². The number of carbonyl (C=O) groups is 1. The molecule has 4 heteroatoms. The van der Waals surface area contributed by atoms with Gasteiger partial charge in [-0.05, 0) is 30.5 Å². The van der Waals surface area contributed by atoms with E-state index < -0.39 is 0 Å². The molecule has 0 heterocycles. The Balaban J connectivity index is 2.57. The standard InChI is InChI=1S/C15H21NO3/c1-18-13-7-11(9-17)12(8-14(13)19-2)15(10-16)5-3-4-6-15/h7-9H,3-6,10,16H2,1-2H3. The largest absolute Gasteiger partial charge is 0.493 e. The van der Waals surface area contributed by atoms with Crippen LogP contribution in [0.15, 0.2) is 12.1 Å². The van der Waals surface area contributed by atoms with Gasteiger partial charge in [-0.25, -0.2) is 0 Å². The zero-order valence-corrected chi connectivity index (χ0v) is 11.6. The van der Waals surface area contributed by atoms with Crippen molar-refractivity contribution in [1.82, 2.24) is 0 Å². The van der Waals surface area contributed by atoms with Gasteiger partial charge in [-0.2, -0.15) is 0 Å². The fourth-order valence-electron chi connectivity index (χ4n) is 3.09. The molecular formula is C15H21NO3. The van der Waals surface area contributed by atoms with Gasteiger partial charge in [0.1, 0.15) is 6.29 Å². The highest BCUT2D eigenvalue weighted by Crippen LogP contribution is 2.44. The number of ether oxygens (including phenoxy) is 2. The maximum absolute atomic E-state index is 11.4. The van der Waals surface area contributed by atoms with E-state index in [4.69, 9.17) is 15.2 Å². The number of rotatable bonds is 5. The molecule has 0 spiro atoms. The summed E-state index contributed by atoms with van der Waals surface area (Å²) in [5.41, 5.74) is 7.57. The Morgan fingerprint density at radius 2 is 1.79 bits per heavy atom. The molecule has 2 rings (SSSR count). The van der Waals surface area contributed by atoms with E-state index in [0.717, 1.165) is 37.5 Å². The predicted octanol–water partition coefficient (Wildman–Crippen LogP) is 2.29. The summed E-state index contributed by atoms with van der Waals surface area (Å²) >= 11 is 0. The van der Waals surface area contributed by atoms with Crippen molar-refractivity contribution in [3.8, 4) is 11.5 Å². The van der Waals surface area contributed by atoms with Crippen molar-refractivity contribution in [1.29, 1.82) is 0 Å². The molecule has 19 heavy (non-hydrogen) atoms. The van der Waals surface area contributed by atoms with Crippen LogP contribution in [0, 0.1) is 0 Å². The number of hydrogen-bond acceptors (Lipinski definition) is 4. The van der Waals surface area contributed by atoms with E-state index in [9.17, 15) is 4.79 Å². The molecule has 0 amide bonds. The Labute approximate surface area is 113 Å². The molecule has 0 atom stereocenters. The van der Waals surface area contributed by atoms with Crippen LogP contribution < -0.4 is 15.2 Å². The van der Waals surface area contributed by atoms with Gasteiger partial charge in [-0.3, -0.25) is 4.79 Å². The highest BCUT2D eigenvalue weighted by atomic mass is 16.5. The molecule has 0 aliphatic heterocycles. The number of methoxy groups -OCH3 is 2. The maximum Gasteiger partial charge on any atom is 0.161 e. The first kappa shape index (κ1) is 13.9. The third kappa shape index (κ3) is 2.32. The van der Waals surface area contributed by atoms with Crippen molar-refractivity contribution in [3.63, 3.8) is 0 Å². The number of aldehydes is 1. The first-order valence-electron chi connectivity index (χ1n) is 6.62. The summed E-state index contributed by atoms with van der Waals surface area (Å²) in [7, 11) is 3.17. The molecule has 0 bridgehead atoms. The number of hydrogen-bond donors (Lipinski definition) is 1. The summed E-state index contributed by atoms with van der Waals surface area (Å²) in [6.45, 7) is 0.559. The van der Waals surface area contributed by atoms with Gasteiger partial charge < -0.3 is 15.2 Å². The van der Waals surface area contributed by atoms with Gasteiger partial charge in [0.2, 0.25) is 0 Å². The van der Waals surface area contributed by atoms with Gasteiger partial charge >= 0.3 is 0 Å². The van der Waals surface area contributed by atoms with Gasteiger partial charge in [0.15, 0.2) is 11.5 Å². The van der Waals surface area contributed by atoms with E-state index in [1.54, 1.807) is 20.3 Å². The Kier molecular flexibility index (Phi) is 4.10. The minimum atomic E-state index is -0.0875. The molecule has 104 valence electrons. The Morgan fingerprint density at radius 3 is 2.26 bits per heavy atom. The molecule has 1 aliphatic carbocycles. The molecule has 0 saturated heterocycles. The Morgan fingerprint density at radius 1 is 1.21 bits per heavy atom. The van der Waals surface area contributed by atoms with Crippen molar-refractivity contribution >= 4 is 6.29 Å². The van der Waals surface area contributed by atoms with E-state index >= 15 is 0 Å². The first-order valence-corrected chi connectivity index (χ1v) is 6.62. The Bertz CT molecular complexity index is 465. The van der Waals surface area contributed by atoms with Crippen LogP contribution in [0.2, 0.25) is 0 Å². The van der Waals surface area contributed by atoms with E-state index in [2.05, 4.69) is 0 Å². The monoisotopic (exact) mass is 263 g/mol. The van der Waals surface area contributed by atoms with Crippen LogP contribution in [0.4, 0.5) is 0 Å². The normalized spacial score (nSPS) is 17.2. The van der Waals surface area contributed by atoms with Crippen LogP contribution in [-0.2, 0) is 5.41 Å². The lowest BCUT2D eigenvalue weighted by Gasteiger charge is -2.30. The van der Waals surface area contributed by atoms with Crippen LogP contribution in [0.1, 0.15) is 41.6 Å². The lowest BCUT2D eigenvalue weighted by molar-refractivity contribution is 0.112. The van der Waals surface area contributed by atoms with Gasteiger partial charge in [0.05, 0.1) is 14.2 Å². The van der Waals surface area contributed by atoms with E-state index in [0.29, 0.717) is 23.6 Å². The summed E-state index contributed by atoms with van der Waals surface area (Å²) in [6.07, 6.45) is 5.25. The third-order valence-corrected chi connectivity index (χ3v) is 4.21. The number of benzene rings is 1. The summed E-state index contributed by atoms with van der Waals surface area (Å²) in [6, 6.07) is 3.66. The fraction of sp³-hybridized carbons (Fsp3) is 0.533. The van der Waals surface area contributed by atoms with Crippen LogP contribution in [0.5, 0.6) is 11.5 Å². The second kappa shape index (κ2) is 5.61. The maximum atomic E-state index is 11.4. The summed E-state index contributed by atoms with van der Waals surface area (Å²) in [5, 5.41) is 0. The molecule has 0 aromatic heterocycles. The second-order valence-corrected chi connectivity index (χ2v) is 5.10. The zero-order chi connectivity index (χ0) is 13.9. The zero-order valence-electron chi connectivity index (χ0n) is 11.6. The van der Waals surface area contributed by atoms with Crippen molar-refractivity contribution in [2.45, 2.75) is 31.1 Å². The quantitative estimate of drug-likeness (QED) is 0.828. The number of nitrogens with two attached hydrogens (primary N) is 1. The van der Waals surface area contributed by atoms with Crippen LogP contribution in [-0.4, -0.2) is 27.1 Å². The van der Waals surface area contributed by atoms with E-state index in [1.165, 1.54) is 0 Å². The molecular weight excluding hydrogens is 242 g/mol. The average molecular weight is 263 g/mol. The predicted molar refractivity (Wildman–Crippen MR) is 74.1 cm³/mol. The van der Waals surface area contributed by atoms with Crippen molar-refractivity contribution < 1.29 is 14.3 Å². The minimum Gasteiger partial charge on any atom is -0.493 e. The van der Waals surface area contributed by atoms with E-state index in [-0.39, 0.29) is 5.41 Å². The molecule has 4 nitrogen and oxygen atoms in total. The molecule has 1 aliphatic rings. The van der Waals surface area contributed by atoms with Crippen molar-refractivity contribution in [2.24, 2.45) is 5.73 Å². The Hall–Kier alpha value is -1.55.